The first-order valence-corrected chi connectivity index (χ1v) is 29.8. The lowest BCUT2D eigenvalue weighted by atomic mass is 9.81. The van der Waals surface area contributed by atoms with E-state index in [9.17, 15) is 0 Å². The van der Waals surface area contributed by atoms with E-state index >= 15 is 0 Å². The molecule has 0 amide bonds. The summed E-state index contributed by atoms with van der Waals surface area (Å²) in [6.07, 6.45) is 3.20. The van der Waals surface area contributed by atoms with Crippen molar-refractivity contribution in [2.75, 3.05) is 19.6 Å². The molecule has 6 heterocycles. The maximum absolute atomic E-state index is 7.15. The minimum Gasteiger partial charge on any atom is -0.454 e. The van der Waals surface area contributed by atoms with E-state index in [1.807, 2.05) is 0 Å². The standard InChI is InChI=1S/C78H62N4O2/c1-77(2,3)61-31-17-27-55-57-29-19-35-67(75(57)83-73(55)61)79(53-23-9-7-10-24-53)65-39-37-49-41-51-46-70-52(45-69(51)81-63-33-15-13-21-47(63)43-59(65)71(49)81)42-50-38-40-66(60-44-48-22-14-16-34-64(48)82(70)72(50)60)80(54-25-11-8-12-26-54)68-36-20-30-58-56-28-18-32-62(78(4,5)6)74(56)84-76(58)68/h7-40,45-46H,41-44H2,1-6H3. The third kappa shape index (κ3) is 7.16. The fourth-order valence-electron chi connectivity index (χ4n) is 14.7. The Morgan fingerprint density at radius 1 is 0.310 bits per heavy atom. The fraction of sp³-hybridized carbons (Fsp3) is 0.154. The van der Waals surface area contributed by atoms with E-state index in [1.165, 1.54) is 89.8 Å². The number of hydrogen-bond acceptors (Lipinski definition) is 6. The van der Waals surface area contributed by atoms with Crippen LogP contribution < -0.4 is 19.6 Å². The summed E-state index contributed by atoms with van der Waals surface area (Å²) < 4.78 is 14.3. The summed E-state index contributed by atoms with van der Waals surface area (Å²) in [5, 5.41) is 4.53. The van der Waals surface area contributed by atoms with Crippen molar-refractivity contribution < 1.29 is 8.83 Å². The molecule has 0 radical (unpaired) electrons. The first-order valence-electron chi connectivity index (χ1n) is 29.8. The second-order valence-electron chi connectivity index (χ2n) is 25.6. The number of hydrogen-bond donors (Lipinski definition) is 0. The average molecular weight is 1090 g/mol. The summed E-state index contributed by atoms with van der Waals surface area (Å²) in [5.41, 5.74) is 30.6. The van der Waals surface area contributed by atoms with E-state index in [0.29, 0.717) is 0 Å². The largest absolute Gasteiger partial charge is 0.454 e. The van der Waals surface area contributed by atoms with E-state index in [2.05, 4.69) is 280 Å². The van der Waals surface area contributed by atoms with Crippen LogP contribution in [-0.2, 0) is 36.5 Å². The number of fused-ring (bicyclic) bond motifs is 14. The van der Waals surface area contributed by atoms with E-state index in [4.69, 9.17) is 8.83 Å². The van der Waals surface area contributed by atoms with Crippen molar-refractivity contribution in [3.63, 3.8) is 0 Å². The molecule has 0 fully saturated rings. The van der Waals surface area contributed by atoms with E-state index < -0.39 is 0 Å². The molecular weight excluding hydrogens is 1020 g/mol. The third-order valence-corrected chi connectivity index (χ3v) is 18.5. The van der Waals surface area contributed by atoms with Crippen LogP contribution >= 0.6 is 0 Å². The first-order chi connectivity index (χ1) is 40.9. The van der Waals surface area contributed by atoms with Gasteiger partial charge in [-0.2, -0.15) is 0 Å². The smallest absolute Gasteiger partial charge is 0.159 e. The lowest BCUT2D eigenvalue weighted by molar-refractivity contribution is 0.572. The highest BCUT2D eigenvalue weighted by molar-refractivity contribution is 6.13. The highest BCUT2D eigenvalue weighted by Crippen LogP contribution is 2.60. The molecule has 11 aromatic carbocycles. The summed E-state index contributed by atoms with van der Waals surface area (Å²) in [6.45, 7) is 13.6. The van der Waals surface area contributed by atoms with Gasteiger partial charge in [0.2, 0.25) is 0 Å². The molecule has 6 heteroatoms. The zero-order valence-electron chi connectivity index (χ0n) is 48.2. The van der Waals surface area contributed by atoms with E-state index in [0.717, 1.165) is 104 Å². The third-order valence-electron chi connectivity index (χ3n) is 18.5. The summed E-state index contributed by atoms with van der Waals surface area (Å²) >= 11 is 0. The summed E-state index contributed by atoms with van der Waals surface area (Å²) in [7, 11) is 0. The number of furan rings is 2. The van der Waals surface area contributed by atoms with Gasteiger partial charge in [-0.25, -0.2) is 0 Å². The van der Waals surface area contributed by atoms with Gasteiger partial charge in [0.05, 0.1) is 45.5 Å². The van der Waals surface area contributed by atoms with Crippen LogP contribution in [0, 0.1) is 0 Å². The maximum atomic E-state index is 7.15. The average Bonchev–Trinajstić information content (AvgIpc) is 0.965. The van der Waals surface area contributed by atoms with Crippen LogP contribution in [0.3, 0.4) is 0 Å². The lowest BCUT2D eigenvalue weighted by Gasteiger charge is -2.44. The van der Waals surface area contributed by atoms with Gasteiger partial charge in [0.1, 0.15) is 11.2 Å². The van der Waals surface area contributed by atoms with Crippen molar-refractivity contribution in [3.8, 4) is 0 Å². The Morgan fingerprint density at radius 3 is 1.11 bits per heavy atom. The van der Waals surface area contributed by atoms with Crippen molar-refractivity contribution in [3.05, 3.63) is 274 Å². The van der Waals surface area contributed by atoms with Gasteiger partial charge in [0.25, 0.3) is 0 Å². The SMILES string of the molecule is CC(C)(C)c1cccc2c1oc1c(N(c3ccccc3)c3ccc4c5c3Cc3ccccc3N5c3cc5c(cc3C4)N3c4ccccc4Cc4c(N(c6ccccc6)c6cccc7c6oc6c(C(C)(C)C)cccc67)ccc(c43)C5)cccc12. The molecule has 84 heavy (non-hydrogen) atoms. The molecule has 4 aliphatic heterocycles. The van der Waals surface area contributed by atoms with Crippen LogP contribution in [0.5, 0.6) is 0 Å². The molecule has 0 unspecified atom stereocenters. The molecule has 6 nitrogen and oxygen atoms in total. The van der Waals surface area contributed by atoms with Crippen molar-refractivity contribution in [1.29, 1.82) is 0 Å². The number of anilines is 12. The Labute approximate surface area is 490 Å². The maximum Gasteiger partial charge on any atom is 0.159 e. The molecule has 0 bridgehead atoms. The number of para-hydroxylation sites is 8. The Kier molecular flexibility index (Phi) is 10.4. The van der Waals surface area contributed by atoms with Gasteiger partial charge in [-0.3, -0.25) is 0 Å². The van der Waals surface area contributed by atoms with Gasteiger partial charge in [0, 0.05) is 92.2 Å². The second-order valence-corrected chi connectivity index (χ2v) is 25.6. The normalized spacial score (nSPS) is 13.8. The van der Waals surface area contributed by atoms with Gasteiger partial charge < -0.3 is 28.4 Å². The van der Waals surface area contributed by atoms with E-state index in [-0.39, 0.29) is 10.8 Å². The molecular formula is C78H62N4O2. The second kappa shape index (κ2) is 17.9. The van der Waals surface area contributed by atoms with Gasteiger partial charge in [-0.1, -0.05) is 187 Å². The fourth-order valence-corrected chi connectivity index (χ4v) is 14.7. The summed E-state index contributed by atoms with van der Waals surface area (Å²) in [4.78, 5) is 10.1. The highest BCUT2D eigenvalue weighted by Gasteiger charge is 2.40. The van der Waals surface area contributed by atoms with Crippen LogP contribution in [0.4, 0.5) is 68.2 Å². The number of nitrogens with zero attached hydrogens (tertiary/aromatic N) is 4. The van der Waals surface area contributed by atoms with Gasteiger partial charge in [-0.15, -0.1) is 0 Å². The van der Waals surface area contributed by atoms with Gasteiger partial charge in [-0.05, 0) is 117 Å². The monoisotopic (exact) mass is 1090 g/mol. The first kappa shape index (κ1) is 48.9. The van der Waals surface area contributed by atoms with Crippen molar-refractivity contribution in [2.24, 2.45) is 0 Å². The highest BCUT2D eigenvalue weighted by atomic mass is 16.3. The Bertz CT molecular complexity index is 4590. The topological polar surface area (TPSA) is 39.2 Å². The van der Waals surface area contributed by atoms with Crippen molar-refractivity contribution in [2.45, 2.75) is 78.1 Å². The Morgan fingerprint density at radius 2 is 0.690 bits per heavy atom. The minimum absolute atomic E-state index is 0.0920. The molecule has 4 aliphatic rings. The Balaban J connectivity index is 0.837. The molecule has 406 valence electrons. The number of benzene rings is 11. The van der Waals surface area contributed by atoms with Crippen molar-refractivity contribution in [1.82, 2.24) is 0 Å². The molecule has 0 saturated heterocycles. The van der Waals surface area contributed by atoms with Gasteiger partial charge in [0.15, 0.2) is 11.2 Å². The van der Waals surface area contributed by atoms with Crippen LogP contribution in [0.15, 0.2) is 227 Å². The summed E-state index contributed by atoms with van der Waals surface area (Å²) in [6, 6.07) is 81.1. The Hall–Kier alpha value is -9.78. The van der Waals surface area contributed by atoms with E-state index in [1.54, 1.807) is 0 Å². The van der Waals surface area contributed by atoms with Crippen LogP contribution in [0.2, 0.25) is 0 Å². The molecule has 0 spiro atoms. The molecule has 17 rings (SSSR count). The molecule has 2 aromatic heterocycles. The molecule has 0 atom stereocenters. The van der Waals surface area contributed by atoms with Crippen LogP contribution in [-0.4, -0.2) is 0 Å². The zero-order valence-corrected chi connectivity index (χ0v) is 48.2. The van der Waals surface area contributed by atoms with Crippen LogP contribution in [0.25, 0.3) is 43.9 Å². The minimum atomic E-state index is -0.0920. The number of rotatable bonds is 6. The van der Waals surface area contributed by atoms with Gasteiger partial charge >= 0.3 is 0 Å². The van der Waals surface area contributed by atoms with Crippen molar-refractivity contribution >= 4 is 112 Å². The molecule has 0 aliphatic carbocycles. The zero-order chi connectivity index (χ0) is 56.3. The molecule has 13 aromatic rings. The van der Waals surface area contributed by atoms with Crippen LogP contribution in [0.1, 0.15) is 97.2 Å². The summed E-state index contributed by atoms with van der Waals surface area (Å²) in [5.74, 6) is 0. The molecule has 0 saturated carbocycles. The molecule has 0 N–H and O–H groups in total. The predicted octanol–water partition coefficient (Wildman–Crippen LogP) is 21.6. The predicted molar refractivity (Wildman–Crippen MR) is 348 cm³/mol. The quantitative estimate of drug-likeness (QED) is 0.165. The lowest BCUT2D eigenvalue weighted by Crippen LogP contribution is -2.29.